The van der Waals surface area contributed by atoms with Crippen LogP contribution in [0.2, 0.25) is 0 Å². The van der Waals surface area contributed by atoms with Crippen LogP contribution in [0.5, 0.6) is 5.88 Å². The number of benzene rings is 1. The lowest BCUT2D eigenvalue weighted by atomic mass is 10.3. The van der Waals surface area contributed by atoms with Crippen LogP contribution in [0, 0.1) is 0 Å². The van der Waals surface area contributed by atoms with E-state index in [1.807, 2.05) is 0 Å². The van der Waals surface area contributed by atoms with Crippen molar-refractivity contribution in [2.75, 3.05) is 32.7 Å². The monoisotopic (exact) mass is 455 g/mol. The number of anilines is 2. The molecule has 12 heteroatoms. The number of imidazole rings is 1. The Morgan fingerprint density at radius 2 is 1.84 bits per heavy atom. The SMILES string of the molecule is COCCNS(=O)(=O)c1ccc(Nc2nccc(-c3cnc4ccc(OC)nn34)n2)cc1. The van der Waals surface area contributed by atoms with Crippen molar-refractivity contribution >= 4 is 27.3 Å². The Morgan fingerprint density at radius 1 is 1.03 bits per heavy atom. The van der Waals surface area contributed by atoms with Crippen molar-refractivity contribution < 1.29 is 17.9 Å². The third kappa shape index (κ3) is 4.66. The zero-order valence-corrected chi connectivity index (χ0v) is 18.2. The zero-order chi connectivity index (χ0) is 22.6. The molecule has 11 nitrogen and oxygen atoms in total. The molecular formula is C20H21N7O4S. The van der Waals surface area contributed by atoms with Gasteiger partial charge in [-0.15, -0.1) is 5.10 Å². The Hall–Kier alpha value is -3.61. The van der Waals surface area contributed by atoms with Crippen LogP contribution in [-0.2, 0) is 14.8 Å². The van der Waals surface area contributed by atoms with Crippen molar-refractivity contribution in [3.05, 3.63) is 54.9 Å². The molecule has 0 aliphatic heterocycles. The summed E-state index contributed by atoms with van der Waals surface area (Å²) in [4.78, 5) is 13.3. The summed E-state index contributed by atoms with van der Waals surface area (Å²) >= 11 is 0. The highest BCUT2D eigenvalue weighted by Crippen LogP contribution is 2.22. The maximum Gasteiger partial charge on any atom is 0.240 e. The van der Waals surface area contributed by atoms with Gasteiger partial charge in [-0.1, -0.05) is 0 Å². The molecule has 0 amide bonds. The maximum absolute atomic E-state index is 12.3. The van der Waals surface area contributed by atoms with Crippen LogP contribution in [0.25, 0.3) is 17.0 Å². The predicted octanol–water partition coefficient (Wildman–Crippen LogP) is 1.86. The second kappa shape index (κ2) is 9.26. The molecule has 0 saturated carbocycles. The number of aromatic nitrogens is 5. The van der Waals surface area contributed by atoms with Crippen molar-refractivity contribution in [2.45, 2.75) is 4.90 Å². The molecule has 0 radical (unpaired) electrons. The third-order valence-electron chi connectivity index (χ3n) is 4.48. The molecule has 0 saturated heterocycles. The number of sulfonamides is 1. The number of fused-ring (bicyclic) bond motifs is 1. The first-order valence-corrected chi connectivity index (χ1v) is 11.1. The lowest BCUT2D eigenvalue weighted by molar-refractivity contribution is 0.204. The van der Waals surface area contributed by atoms with Crippen LogP contribution in [-0.4, -0.2) is 60.4 Å². The van der Waals surface area contributed by atoms with Crippen molar-refractivity contribution in [3.8, 4) is 17.3 Å². The molecule has 1 aromatic carbocycles. The summed E-state index contributed by atoms with van der Waals surface area (Å²) in [6.07, 6.45) is 3.28. The lowest BCUT2D eigenvalue weighted by Gasteiger charge is -2.09. The fraction of sp³-hybridized carbons (Fsp3) is 0.200. The van der Waals surface area contributed by atoms with Gasteiger partial charge in [-0.3, -0.25) is 0 Å². The minimum Gasteiger partial charge on any atom is -0.480 e. The number of methoxy groups -OCH3 is 2. The Morgan fingerprint density at radius 3 is 2.59 bits per heavy atom. The smallest absolute Gasteiger partial charge is 0.240 e. The normalized spacial score (nSPS) is 11.6. The number of nitrogens with one attached hydrogen (secondary N) is 2. The second-order valence-electron chi connectivity index (χ2n) is 6.59. The van der Waals surface area contributed by atoms with Crippen LogP contribution in [0.15, 0.2) is 59.8 Å². The van der Waals surface area contributed by atoms with Gasteiger partial charge in [-0.25, -0.2) is 32.6 Å². The summed E-state index contributed by atoms with van der Waals surface area (Å²) in [6.45, 7) is 0.491. The maximum atomic E-state index is 12.3. The third-order valence-corrected chi connectivity index (χ3v) is 5.96. The summed E-state index contributed by atoms with van der Waals surface area (Å²) < 4.78 is 38.7. The fourth-order valence-corrected chi connectivity index (χ4v) is 3.92. The molecule has 0 bridgehead atoms. The molecule has 0 aliphatic carbocycles. The van der Waals surface area contributed by atoms with E-state index >= 15 is 0 Å². The van der Waals surface area contributed by atoms with E-state index in [2.05, 4.69) is 30.1 Å². The van der Waals surface area contributed by atoms with Gasteiger partial charge in [0.05, 0.1) is 30.5 Å². The number of ether oxygens (including phenoxy) is 2. The number of nitrogens with zero attached hydrogens (tertiary/aromatic N) is 5. The summed E-state index contributed by atoms with van der Waals surface area (Å²) in [5, 5.41) is 7.46. The van der Waals surface area contributed by atoms with Crippen molar-refractivity contribution in [2.24, 2.45) is 0 Å². The molecule has 3 heterocycles. The molecule has 166 valence electrons. The van der Waals surface area contributed by atoms with Crippen LogP contribution < -0.4 is 14.8 Å². The number of rotatable bonds is 9. The van der Waals surface area contributed by atoms with Crippen molar-refractivity contribution in [1.82, 2.24) is 29.3 Å². The Kier molecular flexibility index (Phi) is 6.25. The van der Waals surface area contributed by atoms with E-state index in [4.69, 9.17) is 9.47 Å². The minimum atomic E-state index is -3.60. The average molecular weight is 456 g/mol. The molecule has 4 aromatic rings. The molecule has 0 unspecified atom stereocenters. The zero-order valence-electron chi connectivity index (χ0n) is 17.4. The van der Waals surface area contributed by atoms with Gasteiger partial charge in [0.2, 0.25) is 21.9 Å². The second-order valence-corrected chi connectivity index (χ2v) is 8.36. The lowest BCUT2D eigenvalue weighted by Crippen LogP contribution is -2.27. The first-order valence-electron chi connectivity index (χ1n) is 9.58. The van der Waals surface area contributed by atoms with Gasteiger partial charge in [0.1, 0.15) is 5.69 Å². The van der Waals surface area contributed by atoms with Gasteiger partial charge in [0.15, 0.2) is 5.65 Å². The topological polar surface area (TPSA) is 133 Å². The summed E-state index contributed by atoms with van der Waals surface area (Å²) in [5.74, 6) is 0.796. The average Bonchev–Trinajstić information content (AvgIpc) is 3.23. The molecular weight excluding hydrogens is 434 g/mol. The van der Waals surface area contributed by atoms with E-state index in [-0.39, 0.29) is 11.4 Å². The molecule has 0 spiro atoms. The Balaban J connectivity index is 1.54. The van der Waals surface area contributed by atoms with E-state index in [1.54, 1.807) is 54.4 Å². The standard InChI is InChI=1S/C20H21N7O4S/c1-30-12-11-23-32(28,29)15-5-3-14(4-6-15)24-20-21-10-9-16(25-20)17-13-22-18-7-8-19(31-2)26-27(17)18/h3-10,13,23H,11-12H2,1-2H3,(H,21,24,25). The van der Waals surface area contributed by atoms with E-state index in [9.17, 15) is 8.42 Å². The van der Waals surface area contributed by atoms with Gasteiger partial charge >= 0.3 is 0 Å². The molecule has 32 heavy (non-hydrogen) atoms. The summed E-state index contributed by atoms with van der Waals surface area (Å²) in [7, 11) is -0.547. The highest BCUT2D eigenvalue weighted by atomic mass is 32.2. The molecule has 2 N–H and O–H groups in total. The Labute approximate surface area is 184 Å². The largest absolute Gasteiger partial charge is 0.480 e. The van der Waals surface area contributed by atoms with Crippen molar-refractivity contribution in [1.29, 1.82) is 0 Å². The van der Waals surface area contributed by atoms with Gasteiger partial charge in [0, 0.05) is 31.6 Å². The summed E-state index contributed by atoms with van der Waals surface area (Å²) in [5.41, 5.74) is 2.57. The van der Waals surface area contributed by atoms with Crippen LogP contribution in [0.4, 0.5) is 11.6 Å². The van der Waals surface area contributed by atoms with Gasteiger partial charge in [-0.2, -0.15) is 0 Å². The van der Waals surface area contributed by atoms with E-state index in [0.29, 0.717) is 41.2 Å². The molecule has 3 aromatic heterocycles. The highest BCUT2D eigenvalue weighted by Gasteiger charge is 2.14. The van der Waals surface area contributed by atoms with Crippen LogP contribution in [0.1, 0.15) is 0 Å². The first-order chi connectivity index (χ1) is 15.5. The summed E-state index contributed by atoms with van der Waals surface area (Å²) in [6, 6.07) is 11.6. The van der Waals surface area contributed by atoms with Gasteiger partial charge < -0.3 is 14.8 Å². The van der Waals surface area contributed by atoms with E-state index < -0.39 is 10.0 Å². The Bertz CT molecular complexity index is 1320. The van der Waals surface area contributed by atoms with Crippen molar-refractivity contribution in [3.63, 3.8) is 0 Å². The quantitative estimate of drug-likeness (QED) is 0.363. The van der Waals surface area contributed by atoms with E-state index in [0.717, 1.165) is 0 Å². The van der Waals surface area contributed by atoms with Crippen LogP contribution >= 0.6 is 0 Å². The van der Waals surface area contributed by atoms with Crippen LogP contribution in [0.3, 0.4) is 0 Å². The molecule has 0 atom stereocenters. The molecule has 0 aliphatic rings. The van der Waals surface area contributed by atoms with E-state index in [1.165, 1.54) is 19.2 Å². The first kappa shape index (κ1) is 21.6. The fourth-order valence-electron chi connectivity index (χ4n) is 2.91. The highest BCUT2D eigenvalue weighted by molar-refractivity contribution is 7.89. The molecule has 4 rings (SSSR count). The van der Waals surface area contributed by atoms with Gasteiger partial charge in [-0.05, 0) is 36.4 Å². The number of hydrogen-bond donors (Lipinski definition) is 2. The van der Waals surface area contributed by atoms with Gasteiger partial charge in [0.25, 0.3) is 0 Å². The predicted molar refractivity (Wildman–Crippen MR) is 117 cm³/mol. The number of hydrogen-bond acceptors (Lipinski definition) is 9. The molecule has 0 fully saturated rings. The minimum absolute atomic E-state index is 0.152.